The molecule has 1 rings (SSSR count). The summed E-state index contributed by atoms with van der Waals surface area (Å²) in [6.07, 6.45) is 1.27. The molecule has 0 heterocycles. The van der Waals surface area contributed by atoms with Gasteiger partial charge in [0, 0.05) is 0 Å². The molecule has 0 amide bonds. The minimum atomic E-state index is -5.17. The van der Waals surface area contributed by atoms with Crippen LogP contribution in [-0.4, -0.2) is 40.4 Å². The van der Waals surface area contributed by atoms with Crippen LogP contribution >= 0.6 is 0 Å². The Bertz CT molecular complexity index is 588. The van der Waals surface area contributed by atoms with Gasteiger partial charge >= 0.3 is 149 Å². The van der Waals surface area contributed by atoms with Gasteiger partial charge in [-0.15, -0.1) is 0 Å². The van der Waals surface area contributed by atoms with Crippen LogP contribution in [0, 0.1) is 6.92 Å². The molecule has 0 N–H and O–H groups in total. The van der Waals surface area contributed by atoms with E-state index in [-0.39, 0.29) is 0 Å². The van der Waals surface area contributed by atoms with Gasteiger partial charge in [-0.25, -0.2) is 0 Å². The number of benzene rings is 1. The van der Waals surface area contributed by atoms with Crippen LogP contribution in [0.25, 0.3) is 0 Å². The fraction of sp³-hybridized carbons (Fsp3) is 0.526. The molecule has 1 aromatic rings. The zero-order valence-corrected chi connectivity index (χ0v) is 20.9. The molecule has 0 atom stereocenters. The van der Waals surface area contributed by atoms with Crippen LogP contribution in [0.2, 0.25) is 0 Å². The van der Waals surface area contributed by atoms with Crippen LogP contribution in [0.5, 0.6) is 0 Å². The predicted octanol–water partition coefficient (Wildman–Crippen LogP) is 2.98. The van der Waals surface area contributed by atoms with E-state index < -0.39 is 40.4 Å². The third kappa shape index (κ3) is 6.70. The van der Waals surface area contributed by atoms with Gasteiger partial charge in [0.05, 0.1) is 0 Å². The molecule has 0 spiro atoms. The van der Waals surface area contributed by atoms with Crippen LogP contribution < -0.4 is 3.12 Å². The zero-order chi connectivity index (χ0) is 20.5. The Hall–Kier alpha value is -1.45. The molecular formula is C19H30O6Pb. The van der Waals surface area contributed by atoms with Crippen molar-refractivity contribution in [2.45, 2.75) is 68.2 Å². The van der Waals surface area contributed by atoms with Crippen molar-refractivity contribution in [1.29, 1.82) is 0 Å². The van der Waals surface area contributed by atoms with Crippen molar-refractivity contribution in [3.8, 4) is 0 Å². The topological polar surface area (TPSA) is 78.9 Å². The van der Waals surface area contributed by atoms with Gasteiger partial charge in [0.25, 0.3) is 0 Å². The summed E-state index contributed by atoms with van der Waals surface area (Å²) in [5.41, 5.74) is 2.79. The van der Waals surface area contributed by atoms with Crippen LogP contribution in [0.3, 0.4) is 0 Å². The van der Waals surface area contributed by atoms with Crippen molar-refractivity contribution < 1.29 is 22.4 Å². The Morgan fingerprint density at radius 3 is 1.35 bits per heavy atom. The molecule has 0 fully saturated rings. The molecule has 0 radical (unpaired) electrons. The second kappa shape index (κ2) is 11.3. The van der Waals surface area contributed by atoms with Gasteiger partial charge in [-0.2, -0.15) is 0 Å². The number of carbonyl (C=O) groups excluding carboxylic acids is 3. The van der Waals surface area contributed by atoms with Gasteiger partial charge in [0.15, 0.2) is 0 Å². The number of hydrogen-bond donors (Lipinski definition) is 0. The first-order chi connectivity index (χ1) is 12.1. The van der Waals surface area contributed by atoms with E-state index in [2.05, 4.69) is 0 Å². The van der Waals surface area contributed by atoms with E-state index in [1.165, 1.54) is 20.8 Å². The molecular weight excluding hydrogens is 531 g/mol. The fourth-order valence-corrected chi connectivity index (χ4v) is 13.8. The first-order valence-electron chi connectivity index (χ1n) is 8.86. The maximum absolute atomic E-state index is 11.7. The van der Waals surface area contributed by atoms with Crippen LogP contribution in [0.15, 0.2) is 12.1 Å². The molecule has 0 bridgehead atoms. The number of aryl methyl sites for hydroxylation is 3. The van der Waals surface area contributed by atoms with Gasteiger partial charge in [-0.3, -0.25) is 0 Å². The van der Waals surface area contributed by atoms with Crippen LogP contribution in [0.1, 0.15) is 65.2 Å². The molecule has 6 nitrogen and oxygen atoms in total. The van der Waals surface area contributed by atoms with E-state index in [1.807, 2.05) is 46.8 Å². The van der Waals surface area contributed by atoms with E-state index >= 15 is 0 Å². The summed E-state index contributed by atoms with van der Waals surface area (Å²) in [5.74, 6) is -1.91. The summed E-state index contributed by atoms with van der Waals surface area (Å²) in [7, 11) is 0. The first kappa shape index (κ1) is 24.6. The van der Waals surface area contributed by atoms with E-state index in [4.69, 9.17) is 8.06 Å². The van der Waals surface area contributed by atoms with Gasteiger partial charge in [-0.1, -0.05) is 13.8 Å². The summed E-state index contributed by atoms with van der Waals surface area (Å²) in [6.45, 7) is 13.5. The summed E-state index contributed by atoms with van der Waals surface area (Å²) in [5, 5.41) is 0. The molecule has 146 valence electrons. The average molecular weight is 562 g/mol. The standard InChI is InChI=1S/C11H15.3C2H4O2.C2H6.Pb/c1-4-10-6-9(3)7-11(5-2)8-10;3*1-2(3)4;1-2;/h6-7H,4-5H2,1-3H3;3*1H3,(H,3,4);1-2H3;/q;;;;;+3/p-3. The predicted molar refractivity (Wildman–Crippen MR) is 102 cm³/mol. The number of carbonyl (C=O) groups is 3. The summed E-state index contributed by atoms with van der Waals surface area (Å²) in [6, 6.07) is 3.89. The van der Waals surface area contributed by atoms with E-state index in [9.17, 15) is 14.4 Å². The second-order valence-electron chi connectivity index (χ2n) is 5.50. The molecule has 7 heteroatoms. The molecule has 0 aliphatic carbocycles. The van der Waals surface area contributed by atoms with Gasteiger partial charge in [0.1, 0.15) is 0 Å². The van der Waals surface area contributed by atoms with Gasteiger partial charge < -0.3 is 0 Å². The number of hydrogen-bond acceptors (Lipinski definition) is 6. The first-order valence-corrected chi connectivity index (χ1v) is 15.6. The second-order valence-corrected chi connectivity index (χ2v) is 14.2. The Kier molecular flexibility index (Phi) is 10.7. The van der Waals surface area contributed by atoms with Gasteiger partial charge in [0.2, 0.25) is 0 Å². The van der Waals surface area contributed by atoms with Crippen LogP contribution in [0.4, 0.5) is 0 Å². The normalized spacial score (nSPS) is 10.3. The van der Waals surface area contributed by atoms with E-state index in [0.717, 1.165) is 16.7 Å². The Labute approximate surface area is 162 Å². The van der Waals surface area contributed by atoms with Crippen LogP contribution in [-0.2, 0) is 35.3 Å². The Balaban J connectivity index is 0.00000301. The van der Waals surface area contributed by atoms with Crippen molar-refractivity contribution in [2.24, 2.45) is 0 Å². The molecule has 0 aromatic heterocycles. The molecule has 0 saturated heterocycles. The fourth-order valence-electron chi connectivity index (χ4n) is 2.68. The maximum atomic E-state index is 11.7. The van der Waals surface area contributed by atoms with E-state index in [0.29, 0.717) is 16.0 Å². The Morgan fingerprint density at radius 1 is 0.808 bits per heavy atom. The summed E-state index contributed by atoms with van der Waals surface area (Å²) in [4.78, 5) is 35.1. The van der Waals surface area contributed by atoms with Crippen molar-refractivity contribution in [1.82, 2.24) is 0 Å². The minimum absolute atomic E-state index is 0.610. The van der Waals surface area contributed by atoms with Gasteiger partial charge in [-0.05, 0) is 0 Å². The molecule has 0 aliphatic rings. The van der Waals surface area contributed by atoms with Crippen molar-refractivity contribution in [3.63, 3.8) is 0 Å². The third-order valence-electron chi connectivity index (χ3n) is 3.35. The molecule has 26 heavy (non-hydrogen) atoms. The van der Waals surface area contributed by atoms with Crippen molar-refractivity contribution in [3.05, 3.63) is 28.8 Å². The third-order valence-corrected chi connectivity index (χ3v) is 14.7. The zero-order valence-electron chi connectivity index (χ0n) is 17.0. The van der Waals surface area contributed by atoms with E-state index in [1.54, 1.807) is 0 Å². The quantitative estimate of drug-likeness (QED) is 0.497. The Morgan fingerprint density at radius 2 is 1.12 bits per heavy atom. The molecule has 0 aliphatic heterocycles. The monoisotopic (exact) mass is 562 g/mol. The molecule has 0 unspecified atom stereocenters. The van der Waals surface area contributed by atoms with Crippen molar-refractivity contribution in [2.75, 3.05) is 0 Å². The summed E-state index contributed by atoms with van der Waals surface area (Å²) < 4.78 is 17.0. The SMILES string of the molecule is CC.CCc1cc(C)cc(CC)[c]1[Pb]([O]C(C)=O)([O]C(C)=O)[O]C(C)=O. The molecule has 0 saturated carbocycles. The molecule has 1 aromatic carbocycles. The summed E-state index contributed by atoms with van der Waals surface area (Å²) >= 11 is -5.17. The average Bonchev–Trinajstić information content (AvgIpc) is 2.53. The van der Waals surface area contributed by atoms with Crippen molar-refractivity contribution >= 4 is 43.6 Å². The number of rotatable bonds is 6.